The van der Waals surface area contributed by atoms with E-state index in [9.17, 15) is 32.9 Å². The van der Waals surface area contributed by atoms with E-state index >= 15 is 0 Å². The Bertz CT molecular complexity index is 943. The van der Waals surface area contributed by atoms with E-state index < -0.39 is 54.9 Å². The molecule has 0 aliphatic carbocycles. The standard InChI is InChI=1S/C16H19N3O8S/c1-15(2,14(22)27-3)18-10-16(8-9-20,13(18)21)17-28(25,26)12-7-5-4-6-11(12)19(23)24/h4-7,9,17H,8,10H2,1-3H3/t16-/m1/s1. The molecule has 1 N–H and O–H groups in total. The van der Waals surface area contributed by atoms with Gasteiger partial charge in [0, 0.05) is 12.5 Å². The van der Waals surface area contributed by atoms with Gasteiger partial charge in [-0.05, 0) is 19.9 Å². The highest BCUT2D eigenvalue weighted by atomic mass is 32.2. The highest BCUT2D eigenvalue weighted by Gasteiger charge is 2.60. The molecule has 0 spiro atoms. The fourth-order valence-corrected chi connectivity index (χ4v) is 4.48. The number of aldehydes is 1. The summed E-state index contributed by atoms with van der Waals surface area (Å²) in [4.78, 5) is 46.5. The van der Waals surface area contributed by atoms with Gasteiger partial charge in [0.1, 0.15) is 17.4 Å². The lowest BCUT2D eigenvalue weighted by Crippen LogP contribution is -2.79. The summed E-state index contributed by atoms with van der Waals surface area (Å²) in [5.41, 5.74) is -3.90. The number of carbonyl (C=O) groups excluding carboxylic acids is 3. The smallest absolute Gasteiger partial charge is 0.331 e. The van der Waals surface area contributed by atoms with Crippen LogP contribution in [-0.2, 0) is 29.1 Å². The lowest BCUT2D eigenvalue weighted by molar-refractivity contribution is -0.387. The molecule has 1 atom stereocenters. The minimum absolute atomic E-state index is 0.285. The summed E-state index contributed by atoms with van der Waals surface area (Å²) < 4.78 is 32.2. The average molecular weight is 413 g/mol. The number of sulfonamides is 1. The Morgan fingerprint density at radius 2 is 2.04 bits per heavy atom. The number of nitrogens with one attached hydrogen (secondary N) is 1. The molecule has 1 aliphatic rings. The zero-order valence-corrected chi connectivity index (χ0v) is 16.2. The molecule has 1 saturated heterocycles. The van der Waals surface area contributed by atoms with Crippen molar-refractivity contribution in [2.45, 2.75) is 36.2 Å². The summed E-state index contributed by atoms with van der Waals surface area (Å²) in [5.74, 6) is -1.53. The van der Waals surface area contributed by atoms with Gasteiger partial charge >= 0.3 is 5.97 Å². The van der Waals surface area contributed by atoms with Gasteiger partial charge < -0.3 is 14.4 Å². The van der Waals surface area contributed by atoms with Crippen LogP contribution in [-0.4, -0.2) is 61.1 Å². The van der Waals surface area contributed by atoms with Gasteiger partial charge in [-0.1, -0.05) is 12.1 Å². The number of esters is 1. The van der Waals surface area contributed by atoms with Crippen molar-refractivity contribution in [2.24, 2.45) is 0 Å². The summed E-state index contributed by atoms with van der Waals surface area (Å²) >= 11 is 0. The third-order valence-electron chi connectivity index (χ3n) is 4.56. The molecular weight excluding hydrogens is 394 g/mol. The van der Waals surface area contributed by atoms with Crippen molar-refractivity contribution >= 4 is 33.9 Å². The number of hydrogen-bond donors (Lipinski definition) is 1. The fourth-order valence-electron chi connectivity index (χ4n) is 2.95. The third kappa shape index (κ3) is 3.47. The molecule has 0 saturated carbocycles. The van der Waals surface area contributed by atoms with Crippen molar-refractivity contribution < 1.29 is 32.5 Å². The topological polar surface area (TPSA) is 153 Å². The molecule has 1 aromatic rings. The van der Waals surface area contributed by atoms with E-state index in [1.54, 1.807) is 0 Å². The number of para-hydroxylation sites is 1. The summed E-state index contributed by atoms with van der Waals surface area (Å²) in [7, 11) is -3.38. The van der Waals surface area contributed by atoms with E-state index in [0.717, 1.165) is 24.1 Å². The van der Waals surface area contributed by atoms with Gasteiger partial charge in [-0.3, -0.25) is 14.9 Å². The van der Waals surface area contributed by atoms with Crippen LogP contribution in [0.25, 0.3) is 0 Å². The molecule has 1 aromatic carbocycles. The molecule has 0 bridgehead atoms. The van der Waals surface area contributed by atoms with Crippen LogP contribution in [0.1, 0.15) is 20.3 Å². The second-order valence-corrected chi connectivity index (χ2v) is 8.38. The van der Waals surface area contributed by atoms with Gasteiger partial charge in [0.15, 0.2) is 4.90 Å². The maximum Gasteiger partial charge on any atom is 0.331 e. The van der Waals surface area contributed by atoms with Crippen molar-refractivity contribution in [1.82, 2.24) is 9.62 Å². The molecule has 1 fully saturated rings. The number of amides is 1. The van der Waals surface area contributed by atoms with Gasteiger partial charge in [-0.25, -0.2) is 13.2 Å². The second-order valence-electron chi connectivity index (χ2n) is 6.73. The largest absolute Gasteiger partial charge is 0.467 e. The number of nitro benzene ring substituents is 1. The van der Waals surface area contributed by atoms with E-state index in [1.807, 2.05) is 0 Å². The van der Waals surface area contributed by atoms with Crippen LogP contribution < -0.4 is 4.72 Å². The van der Waals surface area contributed by atoms with Crippen LogP contribution in [0.3, 0.4) is 0 Å². The quantitative estimate of drug-likeness (QED) is 0.205. The fraction of sp³-hybridized carbons (Fsp3) is 0.438. The van der Waals surface area contributed by atoms with Gasteiger partial charge in [-0.2, -0.15) is 4.72 Å². The molecule has 1 aliphatic heterocycles. The normalized spacial score (nSPS) is 19.7. The first kappa shape index (κ1) is 21.4. The zero-order valence-electron chi connectivity index (χ0n) is 15.4. The molecule has 11 nitrogen and oxygen atoms in total. The van der Waals surface area contributed by atoms with Crippen LogP contribution in [0.15, 0.2) is 29.2 Å². The molecule has 0 unspecified atom stereocenters. The van der Waals surface area contributed by atoms with Gasteiger partial charge in [0.2, 0.25) is 15.9 Å². The first-order valence-electron chi connectivity index (χ1n) is 8.04. The second kappa shape index (κ2) is 7.28. The van der Waals surface area contributed by atoms with Crippen LogP contribution in [0.5, 0.6) is 0 Å². The average Bonchev–Trinajstić information content (AvgIpc) is 2.64. The number of β-lactam (4-membered cyclic amide) rings is 1. The molecule has 0 radical (unpaired) electrons. The Hall–Kier alpha value is -2.86. The van der Waals surface area contributed by atoms with Crippen molar-refractivity contribution in [1.29, 1.82) is 0 Å². The summed E-state index contributed by atoms with van der Waals surface area (Å²) in [6.45, 7) is 2.54. The molecule has 152 valence electrons. The minimum atomic E-state index is -4.52. The van der Waals surface area contributed by atoms with Gasteiger partial charge in [-0.15, -0.1) is 0 Å². The number of rotatable bonds is 8. The van der Waals surface area contributed by atoms with Crippen molar-refractivity contribution in [2.75, 3.05) is 13.7 Å². The van der Waals surface area contributed by atoms with E-state index in [1.165, 1.54) is 26.0 Å². The lowest BCUT2D eigenvalue weighted by atomic mass is 9.82. The molecule has 2 rings (SSSR count). The number of benzene rings is 1. The van der Waals surface area contributed by atoms with E-state index in [2.05, 4.69) is 9.46 Å². The number of hydrogen-bond acceptors (Lipinski definition) is 8. The molecule has 0 aromatic heterocycles. The van der Waals surface area contributed by atoms with E-state index in [4.69, 9.17) is 0 Å². The monoisotopic (exact) mass is 413 g/mol. The van der Waals surface area contributed by atoms with Crippen LogP contribution in [0.4, 0.5) is 5.69 Å². The summed E-state index contributed by atoms with van der Waals surface area (Å²) in [6.07, 6.45) is -0.137. The summed E-state index contributed by atoms with van der Waals surface area (Å²) in [5, 5.41) is 11.1. The summed E-state index contributed by atoms with van der Waals surface area (Å²) in [6, 6.07) is 4.63. The Balaban J connectivity index is 2.40. The van der Waals surface area contributed by atoms with Crippen molar-refractivity contribution in [3.8, 4) is 0 Å². The third-order valence-corrected chi connectivity index (χ3v) is 6.14. The SMILES string of the molecule is COC(=O)C(C)(C)N1C[C@@](CC=O)(NS(=O)(=O)c2ccccc2[N+](=O)[O-])C1=O. The maximum atomic E-state index is 12.8. The maximum absolute atomic E-state index is 12.8. The van der Waals surface area contributed by atoms with Crippen LogP contribution in [0.2, 0.25) is 0 Å². The Morgan fingerprint density at radius 3 is 2.54 bits per heavy atom. The number of methoxy groups -OCH3 is 1. The number of carbonyl (C=O) groups is 3. The first-order valence-corrected chi connectivity index (χ1v) is 9.53. The molecule has 12 heteroatoms. The number of likely N-dealkylation sites (tertiary alicyclic amines) is 1. The number of ether oxygens (including phenoxy) is 1. The predicted octanol–water partition coefficient (Wildman–Crippen LogP) is -0.00530. The first-order chi connectivity index (χ1) is 12.9. The van der Waals surface area contributed by atoms with E-state index in [-0.39, 0.29) is 6.54 Å². The zero-order chi connectivity index (χ0) is 21.3. The number of nitrogens with zero attached hydrogens (tertiary/aromatic N) is 2. The Labute approximate surface area is 160 Å². The van der Waals surface area contributed by atoms with Crippen molar-refractivity contribution in [3.05, 3.63) is 34.4 Å². The van der Waals surface area contributed by atoms with E-state index in [0.29, 0.717) is 6.29 Å². The molecule has 1 heterocycles. The highest BCUT2D eigenvalue weighted by molar-refractivity contribution is 7.89. The lowest BCUT2D eigenvalue weighted by Gasteiger charge is -2.53. The minimum Gasteiger partial charge on any atom is -0.467 e. The van der Waals surface area contributed by atoms with Crippen LogP contribution >= 0.6 is 0 Å². The molecule has 1 amide bonds. The predicted molar refractivity (Wildman–Crippen MR) is 94.6 cm³/mol. The molecular formula is C16H19N3O8S. The molecule has 28 heavy (non-hydrogen) atoms. The highest BCUT2D eigenvalue weighted by Crippen LogP contribution is 2.35. The van der Waals surface area contributed by atoms with Crippen LogP contribution in [0, 0.1) is 10.1 Å². The Kier molecular flexibility index (Phi) is 5.57. The Morgan fingerprint density at radius 1 is 1.43 bits per heavy atom. The van der Waals surface area contributed by atoms with Gasteiger partial charge in [0.05, 0.1) is 18.6 Å². The number of nitro groups is 1. The van der Waals surface area contributed by atoms with Crippen molar-refractivity contribution in [3.63, 3.8) is 0 Å². The van der Waals surface area contributed by atoms with Gasteiger partial charge in [0.25, 0.3) is 5.69 Å².